The van der Waals surface area contributed by atoms with Crippen LogP contribution in [0.3, 0.4) is 0 Å². The van der Waals surface area contributed by atoms with Crippen molar-refractivity contribution < 1.29 is 9.59 Å². The smallest absolute Gasteiger partial charge is 0.315 e. The first kappa shape index (κ1) is 17.9. The van der Waals surface area contributed by atoms with Gasteiger partial charge in [-0.25, -0.2) is 4.98 Å². The fourth-order valence-corrected chi connectivity index (χ4v) is 4.58. The molecule has 0 fully saturated rings. The van der Waals surface area contributed by atoms with Crippen molar-refractivity contribution in [2.24, 2.45) is 5.92 Å². The van der Waals surface area contributed by atoms with Gasteiger partial charge in [0.25, 0.3) is 0 Å². The summed E-state index contributed by atoms with van der Waals surface area (Å²) in [5.74, 6) is -0.689. The Balaban J connectivity index is 1.53. The third-order valence-electron chi connectivity index (χ3n) is 4.26. The van der Waals surface area contributed by atoms with Crippen LogP contribution in [0.5, 0.6) is 0 Å². The van der Waals surface area contributed by atoms with Crippen LogP contribution in [0.2, 0.25) is 0 Å². The van der Waals surface area contributed by atoms with Gasteiger partial charge in [0, 0.05) is 4.88 Å². The highest BCUT2D eigenvalue weighted by molar-refractivity contribution is 7.16. The van der Waals surface area contributed by atoms with E-state index in [1.54, 1.807) is 0 Å². The molecule has 1 aliphatic carbocycles. The van der Waals surface area contributed by atoms with E-state index in [1.807, 2.05) is 6.92 Å². The number of nitrogens with zero attached hydrogens (tertiary/aromatic N) is 3. The Hall–Kier alpha value is -1.87. The van der Waals surface area contributed by atoms with E-state index in [4.69, 9.17) is 0 Å². The van der Waals surface area contributed by atoms with Gasteiger partial charge in [0.15, 0.2) is 5.13 Å². The Morgan fingerprint density at radius 3 is 2.68 bits per heavy atom. The van der Waals surface area contributed by atoms with E-state index in [1.165, 1.54) is 27.6 Å². The molecular weight excluding hydrogens is 358 g/mol. The van der Waals surface area contributed by atoms with Gasteiger partial charge in [-0.3, -0.25) is 14.9 Å². The molecule has 0 saturated heterocycles. The van der Waals surface area contributed by atoms with Gasteiger partial charge in [0.1, 0.15) is 10.0 Å². The lowest BCUT2D eigenvalue weighted by molar-refractivity contribution is -0.136. The molecule has 0 aromatic carbocycles. The minimum absolute atomic E-state index is 0.205. The summed E-state index contributed by atoms with van der Waals surface area (Å²) in [6, 6.07) is 0. The highest BCUT2D eigenvalue weighted by Gasteiger charge is 2.23. The molecule has 1 aliphatic rings. The molecule has 2 heterocycles. The lowest BCUT2D eigenvalue weighted by Crippen LogP contribution is -2.34. The number of anilines is 1. The molecule has 0 aliphatic heterocycles. The summed E-state index contributed by atoms with van der Waals surface area (Å²) in [5.41, 5.74) is 1.06. The molecule has 2 amide bonds. The zero-order valence-corrected chi connectivity index (χ0v) is 15.9. The summed E-state index contributed by atoms with van der Waals surface area (Å²) >= 11 is 2.91. The van der Waals surface area contributed by atoms with Crippen molar-refractivity contribution >= 4 is 39.6 Å². The number of aromatic nitrogens is 3. The fraction of sp³-hybridized carbons (Fsp3) is 0.562. The summed E-state index contributed by atoms with van der Waals surface area (Å²) < 4.78 is 0. The summed E-state index contributed by atoms with van der Waals surface area (Å²) in [5, 5.41) is 15.2. The van der Waals surface area contributed by atoms with Gasteiger partial charge in [-0.2, -0.15) is 0 Å². The largest absolute Gasteiger partial charge is 0.341 e. The summed E-state index contributed by atoms with van der Waals surface area (Å²) in [6.45, 7) is 4.40. The van der Waals surface area contributed by atoms with E-state index in [0.717, 1.165) is 42.8 Å². The fourth-order valence-electron chi connectivity index (χ4n) is 2.74. The highest BCUT2D eigenvalue weighted by Crippen LogP contribution is 2.33. The molecule has 3 rings (SSSR count). The van der Waals surface area contributed by atoms with E-state index in [0.29, 0.717) is 16.1 Å². The molecule has 1 atom stereocenters. The number of carbonyl (C=O) groups is 2. The first-order valence-corrected chi connectivity index (χ1v) is 10.1. The maximum absolute atomic E-state index is 12.0. The van der Waals surface area contributed by atoms with E-state index < -0.39 is 11.8 Å². The monoisotopic (exact) mass is 379 g/mol. The maximum atomic E-state index is 12.0. The number of amides is 2. The van der Waals surface area contributed by atoms with Crippen molar-refractivity contribution in [2.45, 2.75) is 52.5 Å². The molecule has 2 aromatic rings. The normalized spacial score (nSPS) is 16.3. The second-order valence-electron chi connectivity index (χ2n) is 5.99. The zero-order chi connectivity index (χ0) is 17.8. The van der Waals surface area contributed by atoms with Crippen molar-refractivity contribution in [1.29, 1.82) is 0 Å². The molecular formula is C16H21N5O2S2. The Morgan fingerprint density at radius 1 is 1.16 bits per heavy atom. The molecule has 0 radical (unpaired) electrons. The lowest BCUT2D eigenvalue weighted by atomic mass is 9.89. The van der Waals surface area contributed by atoms with Crippen molar-refractivity contribution in [1.82, 2.24) is 20.5 Å². The van der Waals surface area contributed by atoms with Crippen molar-refractivity contribution in [2.75, 3.05) is 5.32 Å². The van der Waals surface area contributed by atoms with Gasteiger partial charge in [-0.05, 0) is 31.6 Å². The number of carbonyl (C=O) groups excluding carboxylic acids is 2. The molecule has 0 saturated carbocycles. The minimum atomic E-state index is -0.696. The van der Waals surface area contributed by atoms with Crippen LogP contribution in [0.1, 0.15) is 47.3 Å². The average molecular weight is 380 g/mol. The van der Waals surface area contributed by atoms with Gasteiger partial charge in [0.2, 0.25) is 0 Å². The molecule has 25 heavy (non-hydrogen) atoms. The maximum Gasteiger partial charge on any atom is 0.315 e. The quantitative estimate of drug-likeness (QED) is 0.777. The van der Waals surface area contributed by atoms with Crippen LogP contribution in [-0.4, -0.2) is 27.0 Å². The number of fused-ring (bicyclic) bond motifs is 1. The van der Waals surface area contributed by atoms with Crippen LogP contribution in [0.4, 0.5) is 5.13 Å². The summed E-state index contributed by atoms with van der Waals surface area (Å²) in [6.07, 6.45) is 5.07. The van der Waals surface area contributed by atoms with Crippen molar-refractivity contribution in [3.8, 4) is 0 Å². The molecule has 2 aromatic heterocycles. The van der Waals surface area contributed by atoms with Gasteiger partial charge in [0.05, 0.1) is 12.2 Å². The van der Waals surface area contributed by atoms with Crippen LogP contribution >= 0.6 is 22.7 Å². The Kier molecular flexibility index (Phi) is 5.74. The highest BCUT2D eigenvalue weighted by atomic mass is 32.1. The second-order valence-corrected chi connectivity index (χ2v) is 8.22. The van der Waals surface area contributed by atoms with Crippen molar-refractivity contribution in [3.05, 3.63) is 20.6 Å². The van der Waals surface area contributed by atoms with Gasteiger partial charge in [-0.1, -0.05) is 31.6 Å². The number of nitrogens with one attached hydrogen (secondary N) is 2. The standard InChI is InChI=1S/C16H21N5O2S2/c1-3-9-5-6-10-11(7-9)24-16(18-10)19-15(23)14(22)17-8-13-21-20-12(4-2)25-13/h9H,3-8H2,1-2H3,(H,17,22)(H,18,19,23). The number of hydrogen-bond donors (Lipinski definition) is 2. The van der Waals surface area contributed by atoms with Crippen LogP contribution in [0.25, 0.3) is 0 Å². The number of rotatable bonds is 5. The molecule has 1 unspecified atom stereocenters. The predicted octanol–water partition coefficient (Wildman–Crippen LogP) is 2.33. The summed E-state index contributed by atoms with van der Waals surface area (Å²) in [4.78, 5) is 29.7. The first-order chi connectivity index (χ1) is 12.1. The zero-order valence-electron chi connectivity index (χ0n) is 14.3. The van der Waals surface area contributed by atoms with E-state index in [9.17, 15) is 9.59 Å². The second kappa shape index (κ2) is 8.01. The molecule has 7 nitrogen and oxygen atoms in total. The lowest BCUT2D eigenvalue weighted by Gasteiger charge is -2.18. The van der Waals surface area contributed by atoms with Gasteiger partial charge in [-0.15, -0.1) is 21.5 Å². The molecule has 2 N–H and O–H groups in total. The topological polar surface area (TPSA) is 96.9 Å². The first-order valence-electron chi connectivity index (χ1n) is 8.48. The third kappa shape index (κ3) is 4.40. The predicted molar refractivity (Wildman–Crippen MR) is 97.7 cm³/mol. The van der Waals surface area contributed by atoms with E-state index >= 15 is 0 Å². The molecule has 134 valence electrons. The van der Waals surface area contributed by atoms with E-state index in [-0.39, 0.29) is 6.54 Å². The van der Waals surface area contributed by atoms with Gasteiger partial charge < -0.3 is 5.32 Å². The van der Waals surface area contributed by atoms with Gasteiger partial charge >= 0.3 is 11.8 Å². The number of aryl methyl sites for hydroxylation is 2. The van der Waals surface area contributed by atoms with Crippen LogP contribution in [0, 0.1) is 5.92 Å². The van der Waals surface area contributed by atoms with E-state index in [2.05, 4.69) is 32.7 Å². The minimum Gasteiger partial charge on any atom is -0.341 e. The Morgan fingerprint density at radius 2 is 1.96 bits per heavy atom. The molecule has 9 heteroatoms. The van der Waals surface area contributed by atoms with Crippen LogP contribution in [-0.2, 0) is 35.4 Å². The SMILES string of the molecule is CCc1nnc(CNC(=O)C(=O)Nc2nc3c(s2)CC(CC)CC3)s1. The molecule has 0 spiro atoms. The third-order valence-corrected chi connectivity index (χ3v) is 6.36. The summed E-state index contributed by atoms with van der Waals surface area (Å²) in [7, 11) is 0. The number of thiazole rings is 1. The average Bonchev–Trinajstić information content (AvgIpc) is 3.24. The Labute approximate surface area is 154 Å². The van der Waals surface area contributed by atoms with Crippen molar-refractivity contribution in [3.63, 3.8) is 0 Å². The Bertz CT molecular complexity index is 770. The van der Waals surface area contributed by atoms with Crippen LogP contribution in [0.15, 0.2) is 0 Å². The van der Waals surface area contributed by atoms with Crippen LogP contribution < -0.4 is 10.6 Å². The number of hydrogen-bond acceptors (Lipinski definition) is 7. The molecule has 0 bridgehead atoms.